The Bertz CT molecular complexity index is 1890. The number of fused-ring (bicyclic) bond motifs is 1. The Morgan fingerprint density at radius 1 is 0.886 bits per heavy atom. The number of ketones is 1. The molecule has 6 rings (SSSR count). The summed E-state index contributed by atoms with van der Waals surface area (Å²) in [6.45, 7) is 11.6. The molecule has 0 unspecified atom stereocenters. The summed E-state index contributed by atoms with van der Waals surface area (Å²) in [6.07, 6.45) is 5.86. The largest absolute Gasteiger partial charge is 0.337 e. The van der Waals surface area contributed by atoms with E-state index in [9.17, 15) is 4.79 Å². The first-order chi connectivity index (χ1) is 21.3. The third-order valence-corrected chi connectivity index (χ3v) is 8.44. The smallest absolute Gasteiger partial charge is 0.167 e. The van der Waals surface area contributed by atoms with Gasteiger partial charge >= 0.3 is 0 Å². The third kappa shape index (κ3) is 6.57. The summed E-state index contributed by atoms with van der Waals surface area (Å²) in [4.78, 5) is 27.3. The van der Waals surface area contributed by atoms with Crippen LogP contribution in [-0.4, -0.2) is 63.2 Å². The standard InChI is InChI=1S/C37H38N6O/c1-26-9-11-31(35(44)22-29-10-12-32(28(3)21-29)25-42-19-17-41(4)18-20-42)23-30(26)13-14-33-24-39-37-34(8-6-16-43(33)37)40-36-27(2)7-5-15-38-36/h5-12,15-16,21,23-24H,17-20,22,25H2,1-4H3,(H,38,40). The van der Waals surface area contributed by atoms with Crippen LogP contribution in [0.3, 0.4) is 0 Å². The zero-order valence-electron chi connectivity index (χ0n) is 25.9. The topological polar surface area (TPSA) is 65.8 Å². The number of carbonyl (C=O) groups excluding carboxylic acids is 1. The summed E-state index contributed by atoms with van der Waals surface area (Å²) in [5, 5.41) is 3.39. The maximum Gasteiger partial charge on any atom is 0.167 e. The number of benzene rings is 2. The summed E-state index contributed by atoms with van der Waals surface area (Å²) in [6, 6.07) is 20.2. The Morgan fingerprint density at radius 2 is 1.73 bits per heavy atom. The Kier molecular flexibility index (Phi) is 8.56. The molecule has 1 aliphatic heterocycles. The number of rotatable bonds is 7. The van der Waals surface area contributed by atoms with Crippen LogP contribution in [0.5, 0.6) is 0 Å². The Morgan fingerprint density at radius 3 is 2.52 bits per heavy atom. The number of pyridine rings is 2. The highest BCUT2D eigenvalue weighted by Crippen LogP contribution is 2.23. The van der Waals surface area contributed by atoms with Crippen molar-refractivity contribution in [3.8, 4) is 11.8 Å². The van der Waals surface area contributed by atoms with Crippen molar-refractivity contribution in [2.45, 2.75) is 33.7 Å². The van der Waals surface area contributed by atoms with E-state index in [0.717, 1.165) is 77.8 Å². The van der Waals surface area contributed by atoms with Crippen LogP contribution < -0.4 is 5.32 Å². The van der Waals surface area contributed by atoms with Gasteiger partial charge in [-0.2, -0.15) is 0 Å². The number of aryl methyl sites for hydroxylation is 3. The molecule has 5 aromatic rings. The molecule has 0 atom stereocenters. The SMILES string of the molecule is Cc1ccc(C(=O)Cc2ccc(CN3CCN(C)CC3)c(C)c2)cc1C#Cc1cnc2c(Nc3ncccc3C)cccn12. The molecule has 1 N–H and O–H groups in total. The minimum atomic E-state index is 0.0922. The molecule has 0 bridgehead atoms. The number of hydrogen-bond donors (Lipinski definition) is 1. The highest BCUT2D eigenvalue weighted by molar-refractivity contribution is 5.98. The second kappa shape index (κ2) is 12.8. The quantitative estimate of drug-likeness (QED) is 0.188. The summed E-state index contributed by atoms with van der Waals surface area (Å²) < 4.78 is 1.97. The fourth-order valence-corrected chi connectivity index (χ4v) is 5.59. The van der Waals surface area contributed by atoms with Gasteiger partial charge in [-0.3, -0.25) is 14.1 Å². The Hall–Kier alpha value is -4.77. The summed E-state index contributed by atoms with van der Waals surface area (Å²) >= 11 is 0. The van der Waals surface area contributed by atoms with Gasteiger partial charge in [0.15, 0.2) is 11.4 Å². The molecular formula is C37H38N6O. The van der Waals surface area contributed by atoms with Crippen LogP contribution >= 0.6 is 0 Å². The van der Waals surface area contributed by atoms with Gasteiger partial charge in [-0.15, -0.1) is 0 Å². The second-order valence-electron chi connectivity index (χ2n) is 11.8. The van der Waals surface area contributed by atoms with Crippen LogP contribution in [0, 0.1) is 32.6 Å². The monoisotopic (exact) mass is 582 g/mol. The molecular weight excluding hydrogens is 544 g/mol. The molecule has 2 aromatic carbocycles. The fraction of sp³-hybridized carbons (Fsp3) is 0.270. The number of likely N-dealkylation sites (N-methyl/N-ethyl adjacent to an activating group) is 1. The van der Waals surface area contributed by atoms with Crippen molar-refractivity contribution in [1.82, 2.24) is 24.2 Å². The van der Waals surface area contributed by atoms with Crippen LogP contribution in [-0.2, 0) is 13.0 Å². The molecule has 3 aromatic heterocycles. The molecule has 0 amide bonds. The van der Waals surface area contributed by atoms with E-state index < -0.39 is 0 Å². The molecule has 1 saturated heterocycles. The number of aromatic nitrogens is 3. The maximum atomic E-state index is 13.4. The number of nitrogens with zero attached hydrogens (tertiary/aromatic N) is 5. The fourth-order valence-electron chi connectivity index (χ4n) is 5.59. The van der Waals surface area contributed by atoms with Crippen LogP contribution in [0.25, 0.3) is 5.65 Å². The first kappa shape index (κ1) is 29.3. The first-order valence-corrected chi connectivity index (χ1v) is 15.1. The van der Waals surface area contributed by atoms with E-state index in [-0.39, 0.29) is 5.78 Å². The lowest BCUT2D eigenvalue weighted by atomic mass is 9.96. The van der Waals surface area contributed by atoms with Crippen molar-refractivity contribution in [1.29, 1.82) is 0 Å². The summed E-state index contributed by atoms with van der Waals surface area (Å²) in [7, 11) is 2.18. The normalized spacial score (nSPS) is 13.9. The van der Waals surface area contributed by atoms with E-state index in [2.05, 4.69) is 69.1 Å². The number of piperazine rings is 1. The van der Waals surface area contributed by atoms with E-state index in [0.29, 0.717) is 12.0 Å². The number of carbonyl (C=O) groups is 1. The van der Waals surface area contributed by atoms with Gasteiger partial charge in [-0.05, 0) is 85.8 Å². The molecule has 4 heterocycles. The first-order valence-electron chi connectivity index (χ1n) is 15.1. The maximum absolute atomic E-state index is 13.4. The van der Waals surface area contributed by atoms with Crippen LogP contribution in [0.2, 0.25) is 0 Å². The van der Waals surface area contributed by atoms with Crippen molar-refractivity contribution in [3.63, 3.8) is 0 Å². The predicted octanol–water partition coefficient (Wildman–Crippen LogP) is 5.97. The predicted molar refractivity (Wildman–Crippen MR) is 177 cm³/mol. The van der Waals surface area contributed by atoms with E-state index in [1.165, 1.54) is 11.1 Å². The molecule has 7 heteroatoms. The van der Waals surface area contributed by atoms with E-state index >= 15 is 0 Å². The third-order valence-electron chi connectivity index (χ3n) is 8.44. The molecule has 0 saturated carbocycles. The van der Waals surface area contributed by atoms with Crippen molar-refractivity contribution in [2.75, 3.05) is 38.5 Å². The van der Waals surface area contributed by atoms with Crippen molar-refractivity contribution >= 4 is 22.9 Å². The number of anilines is 2. The summed E-state index contributed by atoms with van der Waals surface area (Å²) in [5.41, 5.74) is 9.60. The van der Waals surface area contributed by atoms with Gasteiger partial charge in [0.05, 0.1) is 11.9 Å². The lowest BCUT2D eigenvalue weighted by Gasteiger charge is -2.32. The van der Waals surface area contributed by atoms with Gasteiger partial charge in [0.25, 0.3) is 0 Å². The molecule has 1 aliphatic rings. The molecule has 0 spiro atoms. The molecule has 7 nitrogen and oxygen atoms in total. The number of imidazole rings is 1. The second-order valence-corrected chi connectivity index (χ2v) is 11.8. The van der Waals surface area contributed by atoms with E-state index in [1.54, 1.807) is 12.4 Å². The lowest BCUT2D eigenvalue weighted by molar-refractivity contribution is 0.0993. The van der Waals surface area contributed by atoms with Gasteiger partial charge in [0.1, 0.15) is 11.5 Å². The zero-order chi connectivity index (χ0) is 30.6. The zero-order valence-corrected chi connectivity index (χ0v) is 25.9. The van der Waals surface area contributed by atoms with Gasteiger partial charge in [-0.25, -0.2) is 9.97 Å². The molecule has 0 radical (unpaired) electrons. The van der Waals surface area contributed by atoms with Crippen molar-refractivity contribution < 1.29 is 4.79 Å². The Labute approximate surface area is 259 Å². The van der Waals surface area contributed by atoms with Crippen LogP contribution in [0.4, 0.5) is 11.5 Å². The minimum absolute atomic E-state index is 0.0922. The van der Waals surface area contributed by atoms with Crippen molar-refractivity contribution in [2.24, 2.45) is 0 Å². The number of hydrogen-bond acceptors (Lipinski definition) is 6. The molecule has 0 aliphatic carbocycles. The van der Waals surface area contributed by atoms with E-state index in [4.69, 9.17) is 0 Å². The molecule has 44 heavy (non-hydrogen) atoms. The lowest BCUT2D eigenvalue weighted by Crippen LogP contribution is -2.43. The van der Waals surface area contributed by atoms with E-state index in [1.807, 2.05) is 66.9 Å². The van der Waals surface area contributed by atoms with Crippen LogP contribution in [0.1, 0.15) is 49.4 Å². The Balaban J connectivity index is 1.17. The van der Waals surface area contributed by atoms with Gasteiger partial charge in [0, 0.05) is 62.7 Å². The van der Waals surface area contributed by atoms with Gasteiger partial charge < -0.3 is 10.2 Å². The van der Waals surface area contributed by atoms with Crippen molar-refractivity contribution in [3.05, 3.63) is 124 Å². The molecule has 222 valence electrons. The summed E-state index contributed by atoms with van der Waals surface area (Å²) in [5.74, 6) is 7.47. The minimum Gasteiger partial charge on any atom is -0.337 e. The molecule has 1 fully saturated rings. The number of Topliss-reactive ketones (excluding diaryl/α,β-unsaturated/α-hetero) is 1. The number of nitrogens with one attached hydrogen (secondary N) is 1. The highest BCUT2D eigenvalue weighted by atomic mass is 16.1. The average molecular weight is 583 g/mol. The average Bonchev–Trinajstić information content (AvgIpc) is 3.44. The van der Waals surface area contributed by atoms with Gasteiger partial charge in [0.2, 0.25) is 0 Å². The van der Waals surface area contributed by atoms with Crippen LogP contribution in [0.15, 0.2) is 79.3 Å². The highest BCUT2D eigenvalue weighted by Gasteiger charge is 2.16. The van der Waals surface area contributed by atoms with Gasteiger partial charge in [-0.1, -0.05) is 42.3 Å².